The summed E-state index contributed by atoms with van der Waals surface area (Å²) in [6, 6.07) is 14.0. The van der Waals surface area contributed by atoms with Crippen molar-refractivity contribution in [2.45, 2.75) is 0 Å². The van der Waals surface area contributed by atoms with Crippen LogP contribution in [0.4, 0.5) is 4.39 Å². The molecule has 0 unspecified atom stereocenters. The molecule has 0 fully saturated rings. The number of rotatable bonds is 2. The lowest BCUT2D eigenvalue weighted by atomic mass is 10.2. The van der Waals surface area contributed by atoms with E-state index < -0.39 is 0 Å². The number of aromatic nitrogens is 1. The van der Waals surface area contributed by atoms with Gasteiger partial charge in [0, 0.05) is 11.6 Å². The Morgan fingerprint density at radius 2 is 1.89 bits per heavy atom. The average Bonchev–Trinajstić information content (AvgIpc) is 2.42. The maximum atomic E-state index is 13.0. The smallest absolute Gasteiger partial charge is 0.227 e. The Kier molecular flexibility index (Phi) is 3.17. The van der Waals surface area contributed by atoms with E-state index in [0.29, 0.717) is 16.1 Å². The molecule has 19 heavy (non-hydrogen) atoms. The molecule has 3 aromatic rings. The summed E-state index contributed by atoms with van der Waals surface area (Å²) in [6.07, 6.45) is 1.69. The highest BCUT2D eigenvalue weighted by Crippen LogP contribution is 2.32. The lowest BCUT2D eigenvalue weighted by Gasteiger charge is -2.09. The highest BCUT2D eigenvalue weighted by molar-refractivity contribution is 9.10. The highest BCUT2D eigenvalue weighted by atomic mass is 79.9. The molecule has 3 rings (SSSR count). The summed E-state index contributed by atoms with van der Waals surface area (Å²) >= 11 is 3.28. The molecular weight excluding hydrogens is 309 g/mol. The molecule has 0 spiro atoms. The van der Waals surface area contributed by atoms with Gasteiger partial charge in [0.05, 0.1) is 4.47 Å². The van der Waals surface area contributed by atoms with Gasteiger partial charge >= 0.3 is 0 Å². The Hall–Kier alpha value is -1.94. The predicted molar refractivity (Wildman–Crippen MR) is 75.9 cm³/mol. The van der Waals surface area contributed by atoms with Crippen molar-refractivity contribution in [3.63, 3.8) is 0 Å². The normalized spacial score (nSPS) is 10.6. The van der Waals surface area contributed by atoms with Crippen LogP contribution in [-0.4, -0.2) is 4.98 Å². The Balaban J connectivity index is 2.06. The number of benzene rings is 2. The largest absolute Gasteiger partial charge is 0.437 e. The van der Waals surface area contributed by atoms with E-state index in [0.717, 1.165) is 10.8 Å². The van der Waals surface area contributed by atoms with E-state index in [1.54, 1.807) is 12.3 Å². The van der Waals surface area contributed by atoms with Crippen molar-refractivity contribution >= 4 is 26.7 Å². The molecule has 0 bridgehead atoms. The van der Waals surface area contributed by atoms with E-state index in [-0.39, 0.29) is 5.82 Å². The third kappa shape index (κ3) is 2.44. The molecule has 2 aromatic carbocycles. The number of nitrogens with zero attached hydrogens (tertiary/aromatic N) is 1. The molecule has 0 radical (unpaired) electrons. The molecule has 0 aliphatic rings. The Labute approximate surface area is 118 Å². The average molecular weight is 318 g/mol. The summed E-state index contributed by atoms with van der Waals surface area (Å²) in [7, 11) is 0. The van der Waals surface area contributed by atoms with Gasteiger partial charge in [-0.15, -0.1) is 0 Å². The SMILES string of the molecule is Fc1ccc(Oc2nccc3ccccc23)c(Br)c1. The van der Waals surface area contributed by atoms with Crippen molar-refractivity contribution < 1.29 is 9.13 Å². The first-order valence-electron chi connectivity index (χ1n) is 5.71. The molecule has 1 heterocycles. The van der Waals surface area contributed by atoms with Crippen molar-refractivity contribution in [2.75, 3.05) is 0 Å². The summed E-state index contributed by atoms with van der Waals surface area (Å²) in [5.41, 5.74) is 0. The molecule has 0 saturated carbocycles. The lowest BCUT2D eigenvalue weighted by Crippen LogP contribution is -1.90. The Morgan fingerprint density at radius 1 is 1.05 bits per heavy atom. The predicted octanol–water partition coefficient (Wildman–Crippen LogP) is 4.93. The topological polar surface area (TPSA) is 22.1 Å². The van der Waals surface area contributed by atoms with Crippen LogP contribution >= 0.6 is 15.9 Å². The molecule has 4 heteroatoms. The van der Waals surface area contributed by atoms with E-state index in [1.807, 2.05) is 30.3 Å². The van der Waals surface area contributed by atoms with E-state index in [1.165, 1.54) is 12.1 Å². The summed E-state index contributed by atoms with van der Waals surface area (Å²) in [5.74, 6) is 0.723. The second kappa shape index (κ2) is 4.97. The molecule has 0 aliphatic heterocycles. The van der Waals surface area contributed by atoms with Crippen LogP contribution < -0.4 is 4.74 Å². The van der Waals surface area contributed by atoms with Crippen LogP contribution in [0.2, 0.25) is 0 Å². The summed E-state index contributed by atoms with van der Waals surface area (Å²) < 4.78 is 19.3. The van der Waals surface area contributed by atoms with E-state index >= 15 is 0 Å². The minimum Gasteiger partial charge on any atom is -0.437 e. The van der Waals surface area contributed by atoms with E-state index in [4.69, 9.17) is 4.74 Å². The van der Waals surface area contributed by atoms with E-state index in [2.05, 4.69) is 20.9 Å². The number of hydrogen-bond donors (Lipinski definition) is 0. The van der Waals surface area contributed by atoms with Gasteiger partial charge in [-0.05, 0) is 51.6 Å². The molecule has 0 N–H and O–H groups in total. The van der Waals surface area contributed by atoms with Gasteiger partial charge in [-0.3, -0.25) is 0 Å². The summed E-state index contributed by atoms with van der Waals surface area (Å²) in [6.45, 7) is 0. The van der Waals surface area contributed by atoms with Gasteiger partial charge in [-0.25, -0.2) is 9.37 Å². The summed E-state index contributed by atoms with van der Waals surface area (Å²) in [4.78, 5) is 4.23. The molecule has 0 atom stereocenters. The minimum absolute atomic E-state index is 0.315. The van der Waals surface area contributed by atoms with Crippen molar-refractivity contribution in [3.8, 4) is 11.6 Å². The number of halogens is 2. The number of pyridine rings is 1. The standard InChI is InChI=1S/C15H9BrFNO/c16-13-9-11(17)5-6-14(13)19-15-12-4-2-1-3-10(12)7-8-18-15/h1-9H. The second-order valence-corrected chi connectivity index (χ2v) is 4.87. The fourth-order valence-electron chi connectivity index (χ4n) is 1.84. The van der Waals surface area contributed by atoms with Crippen LogP contribution in [0.15, 0.2) is 59.2 Å². The monoisotopic (exact) mass is 317 g/mol. The van der Waals surface area contributed by atoms with Gasteiger partial charge in [-0.2, -0.15) is 0 Å². The zero-order valence-electron chi connectivity index (χ0n) is 9.81. The van der Waals surface area contributed by atoms with Crippen LogP contribution in [-0.2, 0) is 0 Å². The molecular formula is C15H9BrFNO. The third-order valence-electron chi connectivity index (χ3n) is 2.74. The maximum absolute atomic E-state index is 13.0. The first-order valence-corrected chi connectivity index (χ1v) is 6.50. The van der Waals surface area contributed by atoms with Crippen LogP contribution in [0.3, 0.4) is 0 Å². The summed E-state index contributed by atoms with van der Waals surface area (Å²) in [5, 5.41) is 1.96. The number of ether oxygens (including phenoxy) is 1. The van der Waals surface area contributed by atoms with Crippen LogP contribution in [0.1, 0.15) is 0 Å². The molecule has 1 aromatic heterocycles. The van der Waals surface area contributed by atoms with E-state index in [9.17, 15) is 4.39 Å². The number of fused-ring (bicyclic) bond motifs is 1. The van der Waals surface area contributed by atoms with Crippen LogP contribution in [0.5, 0.6) is 11.6 Å². The molecule has 0 amide bonds. The zero-order valence-corrected chi connectivity index (χ0v) is 11.4. The van der Waals surface area contributed by atoms with Gasteiger partial charge in [0.25, 0.3) is 0 Å². The quantitative estimate of drug-likeness (QED) is 0.668. The van der Waals surface area contributed by atoms with Crippen molar-refractivity contribution in [1.82, 2.24) is 4.98 Å². The van der Waals surface area contributed by atoms with Gasteiger partial charge in [0.2, 0.25) is 5.88 Å². The lowest BCUT2D eigenvalue weighted by molar-refractivity contribution is 0.464. The fourth-order valence-corrected chi connectivity index (χ4v) is 2.27. The van der Waals surface area contributed by atoms with Gasteiger partial charge in [0.15, 0.2) is 0 Å². The van der Waals surface area contributed by atoms with Crippen LogP contribution in [0.25, 0.3) is 10.8 Å². The van der Waals surface area contributed by atoms with Gasteiger partial charge in [-0.1, -0.05) is 18.2 Å². The highest BCUT2D eigenvalue weighted by Gasteiger charge is 2.08. The first kappa shape index (κ1) is 12.1. The van der Waals surface area contributed by atoms with Gasteiger partial charge in [0.1, 0.15) is 11.6 Å². The third-order valence-corrected chi connectivity index (χ3v) is 3.36. The van der Waals surface area contributed by atoms with Crippen molar-refractivity contribution in [1.29, 1.82) is 0 Å². The van der Waals surface area contributed by atoms with Crippen molar-refractivity contribution in [2.24, 2.45) is 0 Å². The Bertz CT molecular complexity index is 740. The minimum atomic E-state index is -0.315. The van der Waals surface area contributed by atoms with Gasteiger partial charge < -0.3 is 4.74 Å². The molecule has 94 valence electrons. The zero-order chi connectivity index (χ0) is 13.2. The Morgan fingerprint density at radius 3 is 2.74 bits per heavy atom. The van der Waals surface area contributed by atoms with Crippen LogP contribution in [0, 0.1) is 5.82 Å². The molecule has 0 aliphatic carbocycles. The fraction of sp³-hybridized carbons (Fsp3) is 0. The molecule has 0 saturated heterocycles. The first-order chi connectivity index (χ1) is 9.24. The number of hydrogen-bond acceptors (Lipinski definition) is 2. The van der Waals surface area contributed by atoms with Crippen molar-refractivity contribution in [3.05, 3.63) is 65.0 Å². The second-order valence-electron chi connectivity index (χ2n) is 4.01. The maximum Gasteiger partial charge on any atom is 0.227 e. The molecule has 2 nitrogen and oxygen atoms in total.